The molecule has 29 heteroatoms. The van der Waals surface area contributed by atoms with E-state index in [2.05, 4.69) is 63.0 Å². The zero-order chi connectivity index (χ0) is 71.8. The second-order valence-electron chi connectivity index (χ2n) is 25.0. The summed E-state index contributed by atoms with van der Waals surface area (Å²) in [7, 11) is -4.43. The maximum atomic E-state index is 14.2. The molecular weight excluding hydrogens is 1290 g/mol. The zero-order valence-electron chi connectivity index (χ0n) is 57.1. The van der Waals surface area contributed by atoms with Crippen molar-refractivity contribution in [3.05, 3.63) is 119 Å². The molecular formula is C70H102N16O12S. The van der Waals surface area contributed by atoms with Gasteiger partial charge in [0, 0.05) is 56.5 Å². The summed E-state index contributed by atoms with van der Waals surface area (Å²) < 4.78 is 32.6. The lowest BCUT2D eigenvalue weighted by Crippen LogP contribution is -2.56. The molecule has 3 aromatic carbocycles. The molecule has 4 aromatic rings. The van der Waals surface area contributed by atoms with Crippen LogP contribution >= 0.6 is 0 Å². The van der Waals surface area contributed by atoms with E-state index in [-0.39, 0.29) is 85.5 Å². The fourth-order valence-electron chi connectivity index (χ4n) is 11.1. The van der Waals surface area contributed by atoms with Gasteiger partial charge in [-0.3, -0.25) is 58.1 Å². The highest BCUT2D eigenvalue weighted by Crippen LogP contribution is 2.21. The number of nitrogens with zero attached hydrogens (tertiary/aromatic N) is 4. The van der Waals surface area contributed by atoms with Crippen LogP contribution in [0.2, 0.25) is 0 Å². The molecule has 1 fully saturated rings. The number of hydrogen-bond acceptors (Lipinski definition) is 16. The second kappa shape index (κ2) is 44.5. The van der Waals surface area contributed by atoms with Crippen LogP contribution in [0.1, 0.15) is 169 Å². The summed E-state index contributed by atoms with van der Waals surface area (Å²) in [4.78, 5) is 130. The molecule has 1 aliphatic rings. The molecule has 0 bridgehead atoms. The fraction of sp³-hybridized carbons (Fsp3) is 0.514. The first-order chi connectivity index (χ1) is 47.6. The van der Waals surface area contributed by atoms with Crippen molar-refractivity contribution < 1.29 is 56.1 Å². The molecule has 540 valence electrons. The molecule has 1 saturated heterocycles. The van der Waals surface area contributed by atoms with Crippen LogP contribution in [0.5, 0.6) is 0 Å². The van der Waals surface area contributed by atoms with Crippen molar-refractivity contribution in [3.8, 4) is 0 Å². The van der Waals surface area contributed by atoms with Gasteiger partial charge in [-0.05, 0) is 137 Å². The highest BCUT2D eigenvalue weighted by molar-refractivity contribution is 7.86. The third-order valence-corrected chi connectivity index (χ3v) is 17.3. The summed E-state index contributed by atoms with van der Waals surface area (Å²) in [6.45, 7) is 4.65. The van der Waals surface area contributed by atoms with Gasteiger partial charge in [0.1, 0.15) is 34.9 Å². The van der Waals surface area contributed by atoms with Gasteiger partial charge in [0.05, 0.1) is 24.9 Å². The molecule has 16 N–H and O–H groups in total. The third-order valence-electron chi connectivity index (χ3n) is 16.4. The number of pyridine rings is 1. The molecule has 0 radical (unpaired) electrons. The maximum absolute atomic E-state index is 14.2. The predicted molar refractivity (Wildman–Crippen MR) is 380 cm³/mol. The van der Waals surface area contributed by atoms with Crippen molar-refractivity contribution in [2.24, 2.45) is 33.2 Å². The smallest absolute Gasteiger partial charge is 0.295 e. The van der Waals surface area contributed by atoms with Gasteiger partial charge in [0.2, 0.25) is 47.3 Å². The van der Waals surface area contributed by atoms with Gasteiger partial charge in [-0.15, -0.1) is 0 Å². The van der Waals surface area contributed by atoms with Gasteiger partial charge in [0.25, 0.3) is 16.0 Å². The first-order valence-corrected chi connectivity index (χ1v) is 35.8. The Morgan fingerprint density at radius 3 is 1.96 bits per heavy atom. The van der Waals surface area contributed by atoms with E-state index in [0.717, 1.165) is 81.8 Å². The second-order valence-corrected chi connectivity index (χ2v) is 26.4. The van der Waals surface area contributed by atoms with E-state index in [4.69, 9.17) is 17.2 Å². The third kappa shape index (κ3) is 31.8. The number of hydrogen-bond donors (Lipinski definition) is 13. The number of aromatic nitrogens is 1. The lowest BCUT2D eigenvalue weighted by Gasteiger charge is -2.27. The Labute approximate surface area is 581 Å². The number of anilines is 2. The SMILES string of the molecule is CC(C)C[C@H](NC(=O)[C@H](CCc1ccccc1)NC(=O)CNC(=O)[C@H](CCCCN=C(N)N)NC(=O)[C@@H]1CCCN1C(=O)CNC(=O)CCCCCN)C(=O)Nc1ccc(CCCCCCCCCCC(=O)NCCNC(=O)c2ccc(N/N=C/c3ccccc3S(=O)(=O)O)nc2)cc1. The number of benzene rings is 3. The number of carbonyl (C=O) groups excluding carboxylic acids is 9. The number of hydrazone groups is 1. The van der Waals surface area contributed by atoms with Crippen molar-refractivity contribution in [1.82, 2.24) is 47.1 Å². The number of aliphatic imine (C=N–C) groups is 1. The standard InChI is InChI=1S/C70H102N16O12S/c1-49(2)44-57(68(94)81-54-35-31-51(32-36-54)24-11-7-5-3-4-6-8-14-29-61(87)74-41-42-75-65(91)53-34-38-60(77-45-53)85-80-46-52-25-16-17-28-59(52)99(96,97)98)84-67(93)56(37-33-50-22-12-9-13-23-50)82-63(89)47-79-66(92)55(26-18-20-40-76-70(72)73)83-69(95)58-27-21-43-86(58)64(90)48-78-62(88)30-15-10-19-39-71/h9,12-13,16-17,22-23,25,28,31-32,34-36,38,45-46,49,55-58H,3-8,10-11,14-15,18-21,24,26-27,29-30,33,37,39-44,47-48,71H2,1-2H3,(H,74,87)(H,75,91)(H,77,85)(H,78,88)(H,79,92)(H,81,94)(H,82,89)(H,83,95)(H,84,93)(H4,72,73,76)(H,96,97,98)/b80-46+/t55-,56-,57-,58-/m0/s1. The Morgan fingerprint density at radius 1 is 0.636 bits per heavy atom. The van der Waals surface area contributed by atoms with E-state index in [9.17, 15) is 56.1 Å². The van der Waals surface area contributed by atoms with E-state index >= 15 is 0 Å². The van der Waals surface area contributed by atoms with Crippen molar-refractivity contribution in [2.45, 2.75) is 184 Å². The van der Waals surface area contributed by atoms with Gasteiger partial charge in [0.15, 0.2) is 5.96 Å². The largest absolute Gasteiger partial charge is 0.370 e. The van der Waals surface area contributed by atoms with Crippen LogP contribution in [0.15, 0.2) is 112 Å². The molecule has 5 rings (SSSR count). The summed E-state index contributed by atoms with van der Waals surface area (Å²) >= 11 is 0. The van der Waals surface area contributed by atoms with Crippen LogP contribution in [0.25, 0.3) is 0 Å². The molecule has 0 spiro atoms. The Kier molecular flexibility index (Phi) is 36.1. The maximum Gasteiger partial charge on any atom is 0.295 e. The minimum absolute atomic E-state index is 0.000494. The van der Waals surface area contributed by atoms with Gasteiger partial charge in [-0.25, -0.2) is 4.98 Å². The normalized spacial score (nSPS) is 13.7. The lowest BCUT2D eigenvalue weighted by molar-refractivity contribution is -0.139. The predicted octanol–water partition coefficient (Wildman–Crippen LogP) is 4.63. The lowest BCUT2D eigenvalue weighted by atomic mass is 10.0. The number of nitrogens with two attached hydrogens (primary N) is 3. The van der Waals surface area contributed by atoms with Gasteiger partial charge < -0.3 is 64.6 Å². The summed E-state index contributed by atoms with van der Waals surface area (Å²) in [5, 5.41) is 26.2. The molecule has 9 amide bonds. The number of unbranched alkanes of at least 4 members (excludes halogenated alkanes) is 10. The summed E-state index contributed by atoms with van der Waals surface area (Å²) in [6.07, 6.45) is 17.1. The fourth-order valence-corrected chi connectivity index (χ4v) is 11.7. The van der Waals surface area contributed by atoms with Crippen LogP contribution < -0.4 is 65.2 Å². The number of rotatable bonds is 46. The highest BCUT2D eigenvalue weighted by Gasteiger charge is 2.36. The minimum atomic E-state index is -4.43. The molecule has 1 aromatic heterocycles. The van der Waals surface area contributed by atoms with E-state index in [1.54, 1.807) is 6.07 Å². The number of likely N-dealkylation sites (tertiary alicyclic amines) is 1. The highest BCUT2D eigenvalue weighted by atomic mass is 32.2. The van der Waals surface area contributed by atoms with Crippen molar-refractivity contribution in [2.75, 3.05) is 56.6 Å². The average Bonchev–Trinajstić information content (AvgIpc) is 1.84. The molecule has 4 atom stereocenters. The monoisotopic (exact) mass is 1390 g/mol. The topological polar surface area (TPSA) is 435 Å². The van der Waals surface area contributed by atoms with Crippen LogP contribution in [0.4, 0.5) is 11.5 Å². The Balaban J connectivity index is 1.00. The molecule has 0 saturated carbocycles. The molecule has 28 nitrogen and oxygen atoms in total. The van der Waals surface area contributed by atoms with Crippen molar-refractivity contribution in [1.29, 1.82) is 0 Å². The molecule has 99 heavy (non-hydrogen) atoms. The first-order valence-electron chi connectivity index (χ1n) is 34.4. The average molecular weight is 1390 g/mol. The quantitative estimate of drug-likeness (QED) is 0.00942. The molecule has 0 unspecified atom stereocenters. The summed E-state index contributed by atoms with van der Waals surface area (Å²) in [6, 6.07) is 21.8. The van der Waals surface area contributed by atoms with Gasteiger partial charge in [-0.2, -0.15) is 13.5 Å². The van der Waals surface area contributed by atoms with Crippen LogP contribution in [-0.2, 0) is 61.3 Å². The van der Waals surface area contributed by atoms with E-state index in [1.165, 1.54) is 47.6 Å². The van der Waals surface area contributed by atoms with E-state index in [0.29, 0.717) is 81.5 Å². The number of amides is 9. The van der Waals surface area contributed by atoms with Crippen molar-refractivity contribution >= 4 is 87.0 Å². The summed E-state index contributed by atoms with van der Waals surface area (Å²) in [5.41, 5.74) is 22.2. The Bertz CT molecular complexity index is 3390. The summed E-state index contributed by atoms with van der Waals surface area (Å²) in [5.74, 6) is -3.86. The number of guanidine groups is 1. The van der Waals surface area contributed by atoms with E-state index in [1.807, 2.05) is 68.4 Å². The van der Waals surface area contributed by atoms with Gasteiger partial charge >= 0.3 is 0 Å². The van der Waals surface area contributed by atoms with Crippen LogP contribution in [0.3, 0.4) is 0 Å². The van der Waals surface area contributed by atoms with Crippen LogP contribution in [0, 0.1) is 5.92 Å². The number of aryl methyl sites for hydroxylation is 2. The molecule has 0 aliphatic carbocycles. The molecule has 1 aliphatic heterocycles. The number of nitrogens with one attached hydrogen (secondary N) is 9. The number of carbonyl (C=O) groups is 9. The zero-order valence-corrected chi connectivity index (χ0v) is 57.9. The van der Waals surface area contributed by atoms with E-state index < -0.39 is 76.3 Å². The van der Waals surface area contributed by atoms with Crippen LogP contribution in [-0.4, -0.2) is 158 Å². The minimum Gasteiger partial charge on any atom is -0.370 e. The first kappa shape index (κ1) is 80.3. The van der Waals surface area contributed by atoms with Crippen molar-refractivity contribution in [3.63, 3.8) is 0 Å². The molecule has 2 heterocycles. The Morgan fingerprint density at radius 2 is 1.28 bits per heavy atom. The van der Waals surface area contributed by atoms with Gasteiger partial charge in [-0.1, -0.05) is 119 Å². The Hall–Kier alpha value is -9.35.